The number of aryl methyl sites for hydroxylation is 2. The summed E-state index contributed by atoms with van der Waals surface area (Å²) in [4.78, 5) is 24.7. The number of urea groups is 1. The number of amides is 3. The van der Waals surface area contributed by atoms with Crippen LogP contribution in [0.2, 0.25) is 0 Å². The summed E-state index contributed by atoms with van der Waals surface area (Å²) < 4.78 is 0. The van der Waals surface area contributed by atoms with Gasteiger partial charge in [-0.3, -0.25) is 4.79 Å². The third-order valence-corrected chi connectivity index (χ3v) is 3.32. The smallest absolute Gasteiger partial charge is 0.315 e. The normalized spacial score (nSPS) is 11.7. The summed E-state index contributed by atoms with van der Waals surface area (Å²) >= 11 is 0. The molecule has 0 aromatic heterocycles. The molecular formula is C17H27N3O2. The number of carbonyl (C=O) groups is 2. The van der Waals surface area contributed by atoms with Gasteiger partial charge >= 0.3 is 6.03 Å². The van der Waals surface area contributed by atoms with Gasteiger partial charge in [-0.25, -0.2) is 4.79 Å². The molecule has 1 aromatic carbocycles. The first-order chi connectivity index (χ1) is 10.3. The predicted octanol–water partition coefficient (Wildman–Crippen LogP) is 2.01. The van der Waals surface area contributed by atoms with E-state index in [1.54, 1.807) is 14.1 Å². The van der Waals surface area contributed by atoms with Gasteiger partial charge in [0.2, 0.25) is 5.91 Å². The summed E-state index contributed by atoms with van der Waals surface area (Å²) in [5, 5.41) is 5.61. The van der Waals surface area contributed by atoms with E-state index in [0.29, 0.717) is 13.0 Å². The molecule has 0 bridgehead atoms. The topological polar surface area (TPSA) is 61.4 Å². The molecule has 1 rings (SSSR count). The summed E-state index contributed by atoms with van der Waals surface area (Å²) in [6.45, 7) is 6.47. The van der Waals surface area contributed by atoms with E-state index in [-0.39, 0.29) is 18.0 Å². The van der Waals surface area contributed by atoms with Crippen LogP contribution in [-0.4, -0.2) is 43.5 Å². The van der Waals surface area contributed by atoms with Crippen molar-refractivity contribution in [1.82, 2.24) is 15.5 Å². The van der Waals surface area contributed by atoms with Crippen LogP contribution in [0.4, 0.5) is 4.79 Å². The lowest BCUT2D eigenvalue weighted by Gasteiger charge is -2.16. The lowest BCUT2D eigenvalue weighted by Crippen LogP contribution is -2.42. The zero-order chi connectivity index (χ0) is 16.7. The van der Waals surface area contributed by atoms with Gasteiger partial charge in [0.15, 0.2) is 0 Å². The van der Waals surface area contributed by atoms with E-state index < -0.39 is 0 Å². The highest BCUT2D eigenvalue weighted by Gasteiger charge is 2.09. The summed E-state index contributed by atoms with van der Waals surface area (Å²) in [5.74, 6) is 0.00332. The Hall–Kier alpha value is -2.04. The molecule has 0 aliphatic rings. The van der Waals surface area contributed by atoms with E-state index in [1.807, 2.05) is 6.92 Å². The number of benzene rings is 1. The lowest BCUT2D eigenvalue weighted by molar-refractivity contribution is -0.128. The molecule has 0 aliphatic heterocycles. The Bertz CT molecular complexity index is 506. The molecule has 22 heavy (non-hydrogen) atoms. The zero-order valence-corrected chi connectivity index (χ0v) is 14.2. The van der Waals surface area contributed by atoms with Gasteiger partial charge in [0.25, 0.3) is 0 Å². The molecular weight excluding hydrogens is 278 g/mol. The van der Waals surface area contributed by atoms with Crippen molar-refractivity contribution in [2.75, 3.05) is 20.6 Å². The fraction of sp³-hybridized carbons (Fsp3) is 0.529. The second kappa shape index (κ2) is 8.41. The van der Waals surface area contributed by atoms with E-state index in [2.05, 4.69) is 42.7 Å². The molecule has 122 valence electrons. The first-order valence-corrected chi connectivity index (χ1v) is 7.59. The second-order valence-corrected chi connectivity index (χ2v) is 6.04. The minimum atomic E-state index is -0.233. The van der Waals surface area contributed by atoms with Gasteiger partial charge in [0.05, 0.1) is 0 Å². The number of nitrogens with zero attached hydrogens (tertiary/aromatic N) is 1. The van der Waals surface area contributed by atoms with Gasteiger partial charge in [-0.2, -0.15) is 0 Å². The highest BCUT2D eigenvalue weighted by atomic mass is 16.2. The van der Waals surface area contributed by atoms with Crippen molar-refractivity contribution < 1.29 is 9.59 Å². The van der Waals surface area contributed by atoms with Crippen LogP contribution < -0.4 is 10.6 Å². The molecule has 0 spiro atoms. The van der Waals surface area contributed by atoms with Gasteiger partial charge in [-0.15, -0.1) is 0 Å². The quantitative estimate of drug-likeness (QED) is 0.844. The monoisotopic (exact) mass is 305 g/mol. The van der Waals surface area contributed by atoms with Gasteiger partial charge in [0, 0.05) is 33.1 Å². The average molecular weight is 305 g/mol. The molecule has 0 heterocycles. The number of hydrogen-bond donors (Lipinski definition) is 2. The van der Waals surface area contributed by atoms with Crippen LogP contribution in [0.5, 0.6) is 0 Å². The van der Waals surface area contributed by atoms with Gasteiger partial charge < -0.3 is 15.5 Å². The van der Waals surface area contributed by atoms with E-state index in [1.165, 1.54) is 21.6 Å². The maximum Gasteiger partial charge on any atom is 0.315 e. The van der Waals surface area contributed by atoms with Crippen LogP contribution in [0.25, 0.3) is 0 Å². The van der Waals surface area contributed by atoms with Crippen molar-refractivity contribution in [2.24, 2.45) is 0 Å². The van der Waals surface area contributed by atoms with Gasteiger partial charge in [-0.05, 0) is 32.8 Å². The molecule has 5 heteroatoms. The maximum absolute atomic E-state index is 11.8. The molecule has 1 unspecified atom stereocenters. The first kappa shape index (κ1) is 18.0. The van der Waals surface area contributed by atoms with Crippen LogP contribution in [0.3, 0.4) is 0 Å². The number of nitrogens with one attached hydrogen (secondary N) is 2. The Morgan fingerprint density at radius 3 is 2.27 bits per heavy atom. The van der Waals surface area contributed by atoms with E-state index in [0.717, 1.165) is 6.42 Å². The van der Waals surface area contributed by atoms with Crippen molar-refractivity contribution >= 4 is 11.9 Å². The van der Waals surface area contributed by atoms with Crippen LogP contribution in [-0.2, 0) is 11.2 Å². The molecule has 3 amide bonds. The van der Waals surface area contributed by atoms with Crippen molar-refractivity contribution in [3.05, 3.63) is 34.9 Å². The molecule has 1 aromatic rings. The average Bonchev–Trinajstić information content (AvgIpc) is 2.36. The third-order valence-electron chi connectivity index (χ3n) is 3.32. The summed E-state index contributed by atoms with van der Waals surface area (Å²) in [5.41, 5.74) is 3.68. The summed E-state index contributed by atoms with van der Waals surface area (Å²) in [6.07, 6.45) is 1.10. The molecule has 1 atom stereocenters. The molecule has 0 saturated carbocycles. The number of rotatable bonds is 6. The Labute approximate surface area is 133 Å². The Morgan fingerprint density at radius 1 is 1.14 bits per heavy atom. The summed E-state index contributed by atoms with van der Waals surface area (Å²) in [7, 11) is 3.41. The van der Waals surface area contributed by atoms with Crippen LogP contribution in [0.1, 0.15) is 30.0 Å². The van der Waals surface area contributed by atoms with E-state index in [4.69, 9.17) is 0 Å². The number of carbonyl (C=O) groups excluding carboxylic acids is 2. The van der Waals surface area contributed by atoms with Gasteiger partial charge in [-0.1, -0.05) is 29.3 Å². The zero-order valence-electron chi connectivity index (χ0n) is 14.2. The lowest BCUT2D eigenvalue weighted by atomic mass is 10.0. The van der Waals surface area contributed by atoms with Crippen molar-refractivity contribution in [1.29, 1.82) is 0 Å². The van der Waals surface area contributed by atoms with Crippen LogP contribution in [0.15, 0.2) is 18.2 Å². The maximum atomic E-state index is 11.8. The van der Waals surface area contributed by atoms with Crippen LogP contribution >= 0.6 is 0 Å². The van der Waals surface area contributed by atoms with E-state index in [9.17, 15) is 9.59 Å². The molecule has 0 saturated heterocycles. The minimum absolute atomic E-state index is 0.00332. The minimum Gasteiger partial charge on any atom is -0.349 e. The highest BCUT2D eigenvalue weighted by Crippen LogP contribution is 2.10. The molecule has 2 N–H and O–H groups in total. The first-order valence-electron chi connectivity index (χ1n) is 7.59. The molecule has 0 aliphatic carbocycles. The van der Waals surface area contributed by atoms with Crippen LogP contribution in [0, 0.1) is 13.8 Å². The third kappa shape index (κ3) is 6.61. The SMILES string of the molecule is Cc1cc(C)cc(CC(C)NC(=O)NCCC(=O)N(C)C)c1. The standard InChI is InChI=1S/C17H27N3O2/c1-12-8-13(2)10-15(9-12)11-14(3)19-17(22)18-7-6-16(21)20(4)5/h8-10,14H,6-7,11H2,1-5H3,(H2,18,19,22). The Balaban J connectivity index is 2.36. The highest BCUT2D eigenvalue weighted by molar-refractivity contribution is 5.78. The molecule has 0 radical (unpaired) electrons. The predicted molar refractivity (Wildman–Crippen MR) is 88.9 cm³/mol. The number of hydrogen-bond acceptors (Lipinski definition) is 2. The molecule has 0 fully saturated rings. The Morgan fingerprint density at radius 2 is 1.73 bits per heavy atom. The van der Waals surface area contributed by atoms with Crippen molar-refractivity contribution in [3.8, 4) is 0 Å². The largest absolute Gasteiger partial charge is 0.349 e. The second-order valence-electron chi connectivity index (χ2n) is 6.04. The van der Waals surface area contributed by atoms with Crippen molar-refractivity contribution in [2.45, 2.75) is 39.7 Å². The van der Waals surface area contributed by atoms with Gasteiger partial charge in [0.1, 0.15) is 0 Å². The fourth-order valence-electron chi connectivity index (χ4n) is 2.37. The van der Waals surface area contributed by atoms with E-state index >= 15 is 0 Å². The Kier molecular flexibility index (Phi) is 6.89. The fourth-order valence-corrected chi connectivity index (χ4v) is 2.37. The summed E-state index contributed by atoms with van der Waals surface area (Å²) in [6, 6.07) is 6.21. The van der Waals surface area contributed by atoms with Crippen molar-refractivity contribution in [3.63, 3.8) is 0 Å². The molecule has 5 nitrogen and oxygen atoms in total.